The molecule has 2 N–H and O–H groups in total. The van der Waals surface area contributed by atoms with Gasteiger partial charge >= 0.3 is 5.69 Å². The maximum atomic E-state index is 11.8. The molecule has 1 aliphatic rings. The third-order valence-electron chi connectivity index (χ3n) is 3.28. The fraction of sp³-hybridized carbons (Fsp3) is 0.500. The molecule has 0 saturated carbocycles. The minimum atomic E-state index is -0.865. The smallest absolute Gasteiger partial charge is 0.330 e. The number of aromatic amines is 1. The zero-order valence-electron chi connectivity index (χ0n) is 10.4. The summed E-state index contributed by atoms with van der Waals surface area (Å²) in [6, 6.07) is 0. The standard InChI is InChI=1S/C12H15ClN2O4/c1-8-6-15(11(18)14-10(8)17)9-2-3-12(7-16,19-9)4-5-13/h4-6,9,16H,2-3,7H2,1H3,(H,14,17,18)/b5-4-/t9-,12-/m1/s1. The van der Waals surface area contributed by atoms with E-state index in [9.17, 15) is 14.7 Å². The van der Waals surface area contributed by atoms with E-state index in [2.05, 4.69) is 4.98 Å². The summed E-state index contributed by atoms with van der Waals surface area (Å²) >= 11 is 5.53. The molecule has 2 heterocycles. The number of hydrogen-bond acceptors (Lipinski definition) is 4. The summed E-state index contributed by atoms with van der Waals surface area (Å²) in [6.45, 7) is 1.39. The molecule has 0 amide bonds. The molecule has 19 heavy (non-hydrogen) atoms. The van der Waals surface area contributed by atoms with Crippen LogP contribution in [0.1, 0.15) is 24.6 Å². The lowest BCUT2D eigenvalue weighted by molar-refractivity contribution is -0.0706. The van der Waals surface area contributed by atoms with Gasteiger partial charge in [0.2, 0.25) is 0 Å². The highest BCUT2D eigenvalue weighted by atomic mass is 35.5. The predicted octanol–water partition coefficient (Wildman–Crippen LogP) is 0.638. The first kappa shape index (κ1) is 14.0. The summed E-state index contributed by atoms with van der Waals surface area (Å²) in [5, 5.41) is 9.40. The van der Waals surface area contributed by atoms with Crippen LogP contribution in [0.15, 0.2) is 27.4 Å². The Labute approximate surface area is 114 Å². The van der Waals surface area contributed by atoms with Crippen molar-refractivity contribution in [2.75, 3.05) is 6.61 Å². The van der Waals surface area contributed by atoms with Gasteiger partial charge in [-0.05, 0) is 25.8 Å². The van der Waals surface area contributed by atoms with Crippen LogP contribution in [-0.2, 0) is 4.74 Å². The van der Waals surface area contributed by atoms with Gasteiger partial charge in [-0.2, -0.15) is 0 Å². The molecule has 1 aliphatic heterocycles. The van der Waals surface area contributed by atoms with Crippen LogP contribution in [0, 0.1) is 6.92 Å². The summed E-state index contributed by atoms with van der Waals surface area (Å²) in [5.74, 6) is 0. The van der Waals surface area contributed by atoms with Gasteiger partial charge in [-0.3, -0.25) is 14.3 Å². The van der Waals surface area contributed by atoms with Gasteiger partial charge in [0.05, 0.1) is 6.61 Å². The zero-order chi connectivity index (χ0) is 14.0. The Morgan fingerprint density at radius 1 is 1.68 bits per heavy atom. The average Bonchev–Trinajstić information content (AvgIpc) is 2.79. The third kappa shape index (κ3) is 2.65. The lowest BCUT2D eigenvalue weighted by Crippen LogP contribution is -2.35. The van der Waals surface area contributed by atoms with Crippen molar-refractivity contribution >= 4 is 11.6 Å². The molecule has 6 nitrogen and oxygen atoms in total. The molecule has 1 aromatic rings. The molecule has 0 spiro atoms. The number of rotatable bonds is 3. The first-order valence-electron chi connectivity index (χ1n) is 5.90. The van der Waals surface area contributed by atoms with Gasteiger partial charge in [0.25, 0.3) is 5.56 Å². The largest absolute Gasteiger partial charge is 0.393 e. The van der Waals surface area contributed by atoms with E-state index in [1.165, 1.54) is 16.3 Å². The summed E-state index contributed by atoms with van der Waals surface area (Å²) in [7, 11) is 0. The number of H-pyrrole nitrogens is 1. The second-order valence-electron chi connectivity index (χ2n) is 4.61. The lowest BCUT2D eigenvalue weighted by Gasteiger charge is -2.23. The summed E-state index contributed by atoms with van der Waals surface area (Å²) < 4.78 is 7.05. The molecule has 2 rings (SSSR count). The van der Waals surface area contributed by atoms with Crippen molar-refractivity contribution in [3.05, 3.63) is 44.2 Å². The predicted molar refractivity (Wildman–Crippen MR) is 70.2 cm³/mol. The molecular weight excluding hydrogens is 272 g/mol. The van der Waals surface area contributed by atoms with Gasteiger partial charge in [-0.15, -0.1) is 0 Å². The fourth-order valence-electron chi connectivity index (χ4n) is 2.16. The van der Waals surface area contributed by atoms with Gasteiger partial charge in [0.1, 0.15) is 11.8 Å². The molecule has 0 radical (unpaired) electrons. The Morgan fingerprint density at radius 2 is 2.42 bits per heavy atom. The molecule has 1 fully saturated rings. The second-order valence-corrected chi connectivity index (χ2v) is 4.86. The Bertz CT molecular complexity index is 606. The summed E-state index contributed by atoms with van der Waals surface area (Å²) in [5.41, 5.74) is -0.0786. The van der Waals surface area contributed by atoms with Gasteiger partial charge in [-0.1, -0.05) is 11.6 Å². The van der Waals surface area contributed by atoms with Gasteiger partial charge in [-0.25, -0.2) is 4.79 Å². The third-order valence-corrected chi connectivity index (χ3v) is 3.40. The first-order chi connectivity index (χ1) is 9.01. The van der Waals surface area contributed by atoms with Crippen LogP contribution in [0.5, 0.6) is 0 Å². The van der Waals surface area contributed by atoms with Crippen LogP contribution in [0.2, 0.25) is 0 Å². The number of aliphatic hydroxyl groups excluding tert-OH is 1. The molecule has 0 aliphatic carbocycles. The van der Waals surface area contributed by atoms with E-state index in [0.717, 1.165) is 0 Å². The van der Waals surface area contributed by atoms with Crippen molar-refractivity contribution < 1.29 is 9.84 Å². The van der Waals surface area contributed by atoms with Crippen LogP contribution in [0.4, 0.5) is 0 Å². The molecule has 1 saturated heterocycles. The van der Waals surface area contributed by atoms with Gasteiger partial charge in [0.15, 0.2) is 0 Å². The molecule has 104 valence electrons. The number of hydrogen-bond donors (Lipinski definition) is 2. The maximum absolute atomic E-state index is 11.8. The average molecular weight is 287 g/mol. The van der Waals surface area contributed by atoms with Crippen LogP contribution in [0.25, 0.3) is 0 Å². The van der Waals surface area contributed by atoms with Gasteiger partial charge < -0.3 is 9.84 Å². The zero-order valence-corrected chi connectivity index (χ0v) is 11.2. The summed E-state index contributed by atoms with van der Waals surface area (Å²) in [4.78, 5) is 25.3. The van der Waals surface area contributed by atoms with E-state index < -0.39 is 23.1 Å². The molecular formula is C12H15ClN2O4. The Kier molecular flexibility index (Phi) is 3.93. The van der Waals surface area contributed by atoms with Crippen molar-refractivity contribution in [3.8, 4) is 0 Å². The Morgan fingerprint density at radius 3 is 3.05 bits per heavy atom. The number of aromatic nitrogens is 2. The number of aryl methyl sites for hydroxylation is 1. The number of nitrogens with one attached hydrogen (secondary N) is 1. The van der Waals surface area contributed by atoms with E-state index >= 15 is 0 Å². The van der Waals surface area contributed by atoms with Crippen molar-refractivity contribution in [1.82, 2.24) is 9.55 Å². The van der Waals surface area contributed by atoms with E-state index in [-0.39, 0.29) is 6.61 Å². The molecule has 0 unspecified atom stereocenters. The van der Waals surface area contributed by atoms with Crippen LogP contribution in [0.3, 0.4) is 0 Å². The minimum absolute atomic E-state index is 0.218. The Balaban J connectivity index is 2.33. The monoisotopic (exact) mass is 286 g/mol. The quantitative estimate of drug-likeness (QED) is 0.854. The first-order valence-corrected chi connectivity index (χ1v) is 6.33. The van der Waals surface area contributed by atoms with Crippen LogP contribution < -0.4 is 11.2 Å². The van der Waals surface area contributed by atoms with E-state index in [4.69, 9.17) is 16.3 Å². The molecule has 7 heteroatoms. The van der Waals surface area contributed by atoms with Crippen molar-refractivity contribution in [2.45, 2.75) is 31.6 Å². The van der Waals surface area contributed by atoms with Gasteiger partial charge in [0, 0.05) is 17.3 Å². The highest BCUT2D eigenvalue weighted by Gasteiger charge is 2.38. The number of ether oxygens (including phenoxy) is 1. The molecule has 0 aromatic carbocycles. The van der Waals surface area contributed by atoms with Crippen molar-refractivity contribution in [2.24, 2.45) is 0 Å². The van der Waals surface area contributed by atoms with E-state index in [1.54, 1.807) is 13.0 Å². The van der Waals surface area contributed by atoms with E-state index in [0.29, 0.717) is 18.4 Å². The normalized spacial score (nSPS) is 27.2. The van der Waals surface area contributed by atoms with Crippen LogP contribution in [-0.4, -0.2) is 26.9 Å². The fourth-order valence-corrected chi connectivity index (χ4v) is 2.39. The topological polar surface area (TPSA) is 84.3 Å². The number of halogens is 1. The molecule has 0 bridgehead atoms. The molecule has 2 atom stereocenters. The van der Waals surface area contributed by atoms with Crippen LogP contribution >= 0.6 is 11.6 Å². The Hall–Kier alpha value is -1.37. The number of nitrogens with zero attached hydrogens (tertiary/aromatic N) is 1. The maximum Gasteiger partial charge on any atom is 0.330 e. The van der Waals surface area contributed by atoms with Crippen molar-refractivity contribution in [1.29, 1.82) is 0 Å². The van der Waals surface area contributed by atoms with Crippen molar-refractivity contribution in [3.63, 3.8) is 0 Å². The van der Waals surface area contributed by atoms with E-state index in [1.807, 2.05) is 0 Å². The molecule has 1 aromatic heterocycles. The highest BCUT2D eigenvalue weighted by molar-refractivity contribution is 6.25. The SMILES string of the molecule is Cc1cn([C@H]2CC[C@@](/C=C\Cl)(CO)O2)c(=O)[nH]c1=O. The summed E-state index contributed by atoms with van der Waals surface area (Å²) in [6.07, 6.45) is 3.60. The lowest BCUT2D eigenvalue weighted by atomic mass is 10.0. The second kappa shape index (κ2) is 5.32. The highest BCUT2D eigenvalue weighted by Crippen LogP contribution is 2.36. The minimum Gasteiger partial charge on any atom is -0.393 e. The number of aliphatic hydroxyl groups is 1.